The number of hydrogen-bond donors (Lipinski definition) is 0. The molecule has 0 N–H and O–H groups in total. The summed E-state index contributed by atoms with van der Waals surface area (Å²) in [5.74, 6) is 0. The molecule has 120 valence electrons. The van der Waals surface area contributed by atoms with Crippen molar-refractivity contribution in [2.45, 2.75) is 45.4 Å². The van der Waals surface area contributed by atoms with Crippen molar-refractivity contribution < 1.29 is 4.11 Å². The monoisotopic (exact) mass is 316 g/mol. The van der Waals surface area contributed by atoms with Crippen molar-refractivity contribution in [1.29, 1.82) is 0 Å². The van der Waals surface area contributed by atoms with E-state index < -0.39 is 6.85 Å². The molecule has 1 heteroatoms. The van der Waals surface area contributed by atoms with Crippen molar-refractivity contribution >= 4 is 27.2 Å². The Balaban J connectivity index is 2.20. The Labute approximate surface area is 147 Å². The van der Waals surface area contributed by atoms with Crippen LogP contribution in [0, 0.1) is 6.85 Å². The van der Waals surface area contributed by atoms with Crippen LogP contribution in [0.5, 0.6) is 0 Å². The van der Waals surface area contributed by atoms with Gasteiger partial charge in [0.2, 0.25) is 0 Å². The molecule has 0 bridgehead atoms. The van der Waals surface area contributed by atoms with E-state index in [1.54, 1.807) is 0 Å². The smallest absolute Gasteiger partial charge is 0.0577 e. The first kappa shape index (κ1) is 11.3. The first-order valence-corrected chi connectivity index (χ1v) is 8.57. The molecule has 2 aromatic heterocycles. The van der Waals surface area contributed by atoms with Crippen LogP contribution in [0.1, 0.15) is 48.6 Å². The molecule has 0 saturated carbocycles. The number of pyridine rings is 1. The van der Waals surface area contributed by atoms with Crippen molar-refractivity contribution in [3.8, 4) is 0 Å². The van der Waals surface area contributed by atoms with E-state index in [0.29, 0.717) is 5.56 Å². The van der Waals surface area contributed by atoms with E-state index in [2.05, 4.69) is 56.4 Å². The van der Waals surface area contributed by atoms with E-state index in [-0.39, 0.29) is 10.8 Å². The number of hydrogen-bond acceptors (Lipinski definition) is 0. The van der Waals surface area contributed by atoms with Crippen molar-refractivity contribution in [2.75, 3.05) is 0 Å². The molecule has 24 heavy (non-hydrogen) atoms. The maximum atomic E-state index is 8.14. The minimum absolute atomic E-state index is 0.0801. The SMILES string of the molecule is [2H]C([2H])([2H])c1ccc2c3c1c1ccccc1c1ccc(n13)C(C)(C)C2(C)C. The Morgan fingerprint density at radius 3 is 2.33 bits per heavy atom. The van der Waals surface area contributed by atoms with Gasteiger partial charge in [0.1, 0.15) is 0 Å². The van der Waals surface area contributed by atoms with Gasteiger partial charge in [-0.3, -0.25) is 0 Å². The van der Waals surface area contributed by atoms with Crippen molar-refractivity contribution in [2.24, 2.45) is 0 Å². The largest absolute Gasteiger partial charge is 0.312 e. The number of fused-ring (bicyclic) bond motifs is 3. The van der Waals surface area contributed by atoms with Crippen LogP contribution in [0.15, 0.2) is 48.5 Å². The number of rotatable bonds is 0. The van der Waals surface area contributed by atoms with Crippen LogP contribution in [0.4, 0.5) is 0 Å². The molecule has 1 aliphatic rings. The fourth-order valence-electron chi connectivity index (χ4n) is 4.56. The molecule has 3 heterocycles. The van der Waals surface area contributed by atoms with Crippen molar-refractivity contribution in [1.82, 2.24) is 4.40 Å². The summed E-state index contributed by atoms with van der Waals surface area (Å²) < 4.78 is 26.7. The second-order valence-corrected chi connectivity index (χ2v) is 8.12. The zero-order valence-electron chi connectivity index (χ0n) is 17.6. The van der Waals surface area contributed by atoms with Crippen LogP contribution in [0.25, 0.3) is 27.2 Å². The normalized spacial score (nSPS) is 20.4. The third-order valence-electron chi connectivity index (χ3n) is 6.63. The zero-order valence-corrected chi connectivity index (χ0v) is 14.6. The Hall–Kier alpha value is -2.28. The predicted molar refractivity (Wildman–Crippen MR) is 103 cm³/mol. The Kier molecular flexibility index (Phi) is 1.90. The highest BCUT2D eigenvalue weighted by Gasteiger charge is 2.45. The molecule has 0 aliphatic carbocycles. The second kappa shape index (κ2) is 4.03. The van der Waals surface area contributed by atoms with Crippen LogP contribution in [-0.2, 0) is 10.8 Å². The Bertz CT molecular complexity index is 1260. The van der Waals surface area contributed by atoms with Crippen LogP contribution in [-0.4, -0.2) is 4.40 Å². The minimum atomic E-state index is -2.15. The summed E-state index contributed by atoms with van der Waals surface area (Å²) in [6, 6.07) is 16.5. The molecule has 1 aliphatic heterocycles. The molecule has 2 aromatic carbocycles. The lowest BCUT2D eigenvalue weighted by molar-refractivity contribution is 0.289. The molecule has 0 fully saturated rings. The molecule has 0 saturated heterocycles. The van der Waals surface area contributed by atoms with Gasteiger partial charge in [-0.05, 0) is 35.5 Å². The van der Waals surface area contributed by atoms with Crippen LogP contribution in [0.3, 0.4) is 0 Å². The van der Waals surface area contributed by atoms with Gasteiger partial charge in [-0.1, -0.05) is 64.1 Å². The summed E-state index contributed by atoms with van der Waals surface area (Å²) in [6.07, 6.45) is 0. The Morgan fingerprint density at radius 2 is 1.58 bits per heavy atom. The van der Waals surface area contributed by atoms with Gasteiger partial charge in [0, 0.05) is 31.4 Å². The van der Waals surface area contributed by atoms with Crippen LogP contribution < -0.4 is 0 Å². The fraction of sp³-hybridized carbons (Fsp3) is 0.304. The average molecular weight is 316 g/mol. The average Bonchev–Trinajstić information content (AvgIpc) is 3.05. The van der Waals surface area contributed by atoms with Gasteiger partial charge in [0.05, 0.1) is 11.0 Å². The fourth-order valence-corrected chi connectivity index (χ4v) is 4.56. The van der Waals surface area contributed by atoms with Crippen LogP contribution in [0.2, 0.25) is 0 Å². The highest BCUT2D eigenvalue weighted by Crippen LogP contribution is 2.51. The van der Waals surface area contributed by atoms with E-state index in [1.165, 1.54) is 11.3 Å². The van der Waals surface area contributed by atoms with Crippen molar-refractivity contribution in [3.63, 3.8) is 0 Å². The molecule has 0 spiro atoms. The zero-order chi connectivity index (χ0) is 19.4. The maximum absolute atomic E-state index is 8.14. The van der Waals surface area contributed by atoms with Gasteiger partial charge < -0.3 is 4.40 Å². The summed E-state index contributed by atoms with van der Waals surface area (Å²) in [5, 5.41) is 3.00. The minimum Gasteiger partial charge on any atom is -0.312 e. The molecule has 0 atom stereocenters. The molecular weight excluding hydrogens is 290 g/mol. The van der Waals surface area contributed by atoms with E-state index in [9.17, 15) is 0 Å². The van der Waals surface area contributed by atoms with Gasteiger partial charge >= 0.3 is 0 Å². The summed E-state index contributed by atoms with van der Waals surface area (Å²) in [6.45, 7) is 6.97. The van der Waals surface area contributed by atoms with Gasteiger partial charge in [-0.25, -0.2) is 0 Å². The van der Waals surface area contributed by atoms with Crippen molar-refractivity contribution in [3.05, 3.63) is 65.4 Å². The van der Waals surface area contributed by atoms with Gasteiger partial charge in [-0.2, -0.15) is 0 Å². The number of aryl methyl sites for hydroxylation is 1. The Morgan fingerprint density at radius 1 is 0.833 bits per heavy atom. The third kappa shape index (κ3) is 1.34. The first-order valence-electron chi connectivity index (χ1n) is 10.1. The molecular formula is C23H23N. The van der Waals surface area contributed by atoms with E-state index >= 15 is 0 Å². The molecule has 4 aromatic rings. The number of aromatic nitrogens is 1. The first-order chi connectivity index (χ1) is 12.6. The highest BCUT2D eigenvalue weighted by atomic mass is 14.9. The van der Waals surface area contributed by atoms with E-state index in [4.69, 9.17) is 4.11 Å². The lowest BCUT2D eigenvalue weighted by Crippen LogP contribution is -2.44. The summed E-state index contributed by atoms with van der Waals surface area (Å²) >= 11 is 0. The molecule has 0 amide bonds. The van der Waals surface area contributed by atoms with Gasteiger partial charge in [0.15, 0.2) is 0 Å². The molecule has 5 rings (SSSR count). The lowest BCUT2D eigenvalue weighted by atomic mass is 9.60. The molecule has 0 radical (unpaired) electrons. The van der Waals surface area contributed by atoms with E-state index in [0.717, 1.165) is 27.2 Å². The maximum Gasteiger partial charge on any atom is 0.0577 e. The van der Waals surface area contributed by atoms with Gasteiger partial charge in [-0.15, -0.1) is 0 Å². The predicted octanol–water partition coefficient (Wildman–Crippen LogP) is 6.12. The topological polar surface area (TPSA) is 4.41 Å². The lowest BCUT2D eigenvalue weighted by Gasteiger charge is -2.46. The summed E-state index contributed by atoms with van der Waals surface area (Å²) in [5.41, 5.74) is 4.91. The quantitative estimate of drug-likeness (QED) is 0.344. The van der Waals surface area contributed by atoms with E-state index in [1.807, 2.05) is 24.3 Å². The number of nitrogens with zero attached hydrogens (tertiary/aromatic N) is 1. The van der Waals surface area contributed by atoms with Crippen LogP contribution >= 0.6 is 0 Å². The second-order valence-electron chi connectivity index (χ2n) is 8.12. The molecule has 0 unspecified atom stereocenters. The molecule has 1 nitrogen and oxygen atoms in total. The number of benzene rings is 2. The highest BCUT2D eigenvalue weighted by molar-refractivity contribution is 6.15. The summed E-state index contributed by atoms with van der Waals surface area (Å²) in [4.78, 5) is 0. The standard InChI is InChI=1S/C23H23N/c1-14-10-11-17-21-20(14)16-9-7-6-8-15(16)18-12-13-19(24(18)21)23(4,5)22(17,2)3/h6-13H,1-5H3/i1D3. The summed E-state index contributed by atoms with van der Waals surface area (Å²) in [7, 11) is 0. The third-order valence-corrected chi connectivity index (χ3v) is 6.63. The van der Waals surface area contributed by atoms with Gasteiger partial charge in [0.25, 0.3) is 0 Å².